The molecule has 0 radical (unpaired) electrons. The van der Waals surface area contributed by atoms with Gasteiger partial charge >= 0.3 is 0 Å². The number of amides is 1. The lowest BCUT2D eigenvalue weighted by atomic mass is 10.0. The molecule has 0 unspecified atom stereocenters. The number of hydrogen-bond acceptors (Lipinski definition) is 4. The van der Waals surface area contributed by atoms with Crippen molar-refractivity contribution in [2.75, 3.05) is 5.73 Å². The van der Waals surface area contributed by atoms with Crippen molar-refractivity contribution in [1.82, 2.24) is 4.98 Å². The molecule has 0 spiro atoms. The monoisotopic (exact) mass is 313 g/mol. The zero-order valence-electron chi connectivity index (χ0n) is 12.7. The molecule has 6 heteroatoms. The lowest BCUT2D eigenvalue weighted by Crippen LogP contribution is -2.14. The minimum Gasteiger partial charge on any atom is -0.383 e. The summed E-state index contributed by atoms with van der Waals surface area (Å²) in [5, 5.41) is 9.58. The maximum Gasteiger partial charge on any atom is 0.251 e. The lowest BCUT2D eigenvalue weighted by Gasteiger charge is -2.08. The summed E-state index contributed by atoms with van der Waals surface area (Å²) in [4.78, 5) is 15.3. The van der Waals surface area contributed by atoms with Gasteiger partial charge in [0.2, 0.25) is 0 Å². The van der Waals surface area contributed by atoms with Crippen LogP contribution in [0.5, 0.6) is 0 Å². The van der Waals surface area contributed by atoms with E-state index in [1.807, 2.05) is 0 Å². The molecule has 0 saturated carbocycles. The Hall–Kier alpha value is -2.91. The highest BCUT2D eigenvalue weighted by Gasteiger charge is 2.12. The van der Waals surface area contributed by atoms with Crippen LogP contribution in [0.1, 0.15) is 29.9 Å². The van der Waals surface area contributed by atoms with E-state index in [4.69, 9.17) is 11.5 Å². The number of aliphatic hydroxyl groups is 1. The van der Waals surface area contributed by atoms with Crippen molar-refractivity contribution in [3.8, 4) is 23.0 Å². The van der Waals surface area contributed by atoms with Gasteiger partial charge in [0.15, 0.2) is 0 Å². The van der Waals surface area contributed by atoms with E-state index in [-0.39, 0.29) is 11.4 Å². The fourth-order valence-electron chi connectivity index (χ4n) is 1.89. The number of pyridine rings is 1. The average molecular weight is 313 g/mol. The summed E-state index contributed by atoms with van der Waals surface area (Å²) >= 11 is 0. The SMILES string of the molecule is CC(C)(O)C#Cc1ccc(-c2ccc(F)c(C(N)=O)c2)c(N)n1. The van der Waals surface area contributed by atoms with E-state index in [1.165, 1.54) is 12.1 Å². The van der Waals surface area contributed by atoms with Gasteiger partial charge in [-0.25, -0.2) is 9.37 Å². The number of aromatic nitrogens is 1. The Kier molecular flexibility index (Phi) is 4.34. The number of nitrogens with two attached hydrogens (primary N) is 2. The summed E-state index contributed by atoms with van der Waals surface area (Å²) < 4.78 is 13.5. The van der Waals surface area contributed by atoms with Crippen molar-refractivity contribution < 1.29 is 14.3 Å². The van der Waals surface area contributed by atoms with Gasteiger partial charge in [-0.15, -0.1) is 0 Å². The van der Waals surface area contributed by atoms with Gasteiger partial charge in [-0.05, 0) is 49.6 Å². The Morgan fingerprint density at radius 2 is 2.00 bits per heavy atom. The third-order valence-corrected chi connectivity index (χ3v) is 2.96. The van der Waals surface area contributed by atoms with Crippen LogP contribution >= 0.6 is 0 Å². The number of carbonyl (C=O) groups is 1. The van der Waals surface area contributed by atoms with Crippen molar-refractivity contribution in [1.29, 1.82) is 0 Å². The fraction of sp³-hybridized carbons (Fsp3) is 0.176. The molecule has 5 nitrogen and oxygen atoms in total. The first kappa shape index (κ1) is 16.5. The summed E-state index contributed by atoms with van der Waals surface area (Å²) in [7, 11) is 0. The van der Waals surface area contributed by atoms with Gasteiger partial charge in [0.1, 0.15) is 22.9 Å². The number of primary amides is 1. The zero-order valence-corrected chi connectivity index (χ0v) is 12.7. The van der Waals surface area contributed by atoms with Crippen molar-refractivity contribution in [3.05, 3.63) is 47.4 Å². The maximum atomic E-state index is 13.5. The number of nitrogens with zero attached hydrogens (tertiary/aromatic N) is 1. The normalized spacial score (nSPS) is 10.8. The second-order valence-electron chi connectivity index (χ2n) is 5.50. The predicted molar refractivity (Wildman–Crippen MR) is 85.7 cm³/mol. The van der Waals surface area contributed by atoms with Crippen molar-refractivity contribution in [2.24, 2.45) is 5.73 Å². The Bertz CT molecular complexity index is 830. The molecule has 118 valence electrons. The molecule has 0 bridgehead atoms. The third kappa shape index (κ3) is 4.05. The average Bonchev–Trinajstić information content (AvgIpc) is 2.45. The van der Waals surface area contributed by atoms with Crippen LogP contribution in [0.25, 0.3) is 11.1 Å². The minimum atomic E-state index is -1.14. The van der Waals surface area contributed by atoms with Gasteiger partial charge in [-0.1, -0.05) is 12.0 Å². The van der Waals surface area contributed by atoms with Gasteiger partial charge in [0.05, 0.1) is 5.56 Å². The molecule has 5 N–H and O–H groups in total. The van der Waals surface area contributed by atoms with Crippen LogP contribution < -0.4 is 11.5 Å². The molecule has 0 atom stereocenters. The van der Waals surface area contributed by atoms with Crippen molar-refractivity contribution in [2.45, 2.75) is 19.4 Å². The van der Waals surface area contributed by atoms with Gasteiger partial charge in [0, 0.05) is 5.56 Å². The Morgan fingerprint density at radius 1 is 1.30 bits per heavy atom. The van der Waals surface area contributed by atoms with E-state index in [2.05, 4.69) is 16.8 Å². The van der Waals surface area contributed by atoms with Crippen LogP contribution in [0.2, 0.25) is 0 Å². The molecule has 0 aliphatic rings. The maximum absolute atomic E-state index is 13.5. The number of halogens is 1. The van der Waals surface area contributed by atoms with E-state index < -0.39 is 17.3 Å². The highest BCUT2D eigenvalue weighted by molar-refractivity contribution is 5.94. The van der Waals surface area contributed by atoms with Crippen LogP contribution in [-0.2, 0) is 0 Å². The minimum absolute atomic E-state index is 0.176. The van der Waals surface area contributed by atoms with Crippen LogP contribution in [-0.4, -0.2) is 21.6 Å². The Balaban J connectivity index is 2.44. The largest absolute Gasteiger partial charge is 0.383 e. The van der Waals surface area contributed by atoms with Gasteiger partial charge in [-0.2, -0.15) is 0 Å². The molecular weight excluding hydrogens is 297 g/mol. The molecule has 2 aromatic rings. The molecule has 2 rings (SSSR count). The molecule has 0 fully saturated rings. The molecule has 1 heterocycles. The first-order valence-corrected chi connectivity index (χ1v) is 6.79. The number of carbonyl (C=O) groups excluding carboxylic acids is 1. The summed E-state index contributed by atoms with van der Waals surface area (Å²) in [5.74, 6) is 3.97. The Labute approximate surface area is 133 Å². The predicted octanol–water partition coefficient (Wildman–Crippen LogP) is 1.69. The van der Waals surface area contributed by atoms with Crippen LogP contribution in [0.15, 0.2) is 30.3 Å². The highest BCUT2D eigenvalue weighted by Crippen LogP contribution is 2.26. The number of hydrogen-bond donors (Lipinski definition) is 3. The molecule has 23 heavy (non-hydrogen) atoms. The van der Waals surface area contributed by atoms with E-state index in [9.17, 15) is 14.3 Å². The zero-order chi connectivity index (χ0) is 17.2. The van der Waals surface area contributed by atoms with Gasteiger partial charge < -0.3 is 16.6 Å². The number of benzene rings is 1. The summed E-state index contributed by atoms with van der Waals surface area (Å²) in [6, 6.07) is 7.24. The van der Waals surface area contributed by atoms with E-state index >= 15 is 0 Å². The molecule has 0 saturated heterocycles. The van der Waals surface area contributed by atoms with Crippen LogP contribution in [0.4, 0.5) is 10.2 Å². The van der Waals surface area contributed by atoms with Gasteiger partial charge in [0.25, 0.3) is 5.91 Å². The molecule has 0 aliphatic heterocycles. The van der Waals surface area contributed by atoms with Gasteiger partial charge in [-0.3, -0.25) is 4.79 Å². The molecule has 1 amide bonds. The summed E-state index contributed by atoms with van der Waals surface area (Å²) in [5.41, 5.74) is 11.1. The lowest BCUT2D eigenvalue weighted by molar-refractivity contribution is 0.0996. The molecule has 0 aliphatic carbocycles. The molecular formula is C17H16FN3O2. The first-order valence-electron chi connectivity index (χ1n) is 6.79. The standard InChI is InChI=1S/C17H16FN3O2/c1-17(2,23)8-7-11-4-5-12(15(19)21-11)10-3-6-14(18)13(9-10)16(20)22/h3-6,9,23H,1-2H3,(H2,19,21)(H2,20,22). The molecule has 1 aromatic carbocycles. The van der Waals surface area contributed by atoms with Crippen molar-refractivity contribution in [3.63, 3.8) is 0 Å². The third-order valence-electron chi connectivity index (χ3n) is 2.96. The molecule has 1 aromatic heterocycles. The number of anilines is 1. The van der Waals surface area contributed by atoms with Crippen molar-refractivity contribution >= 4 is 11.7 Å². The number of rotatable bonds is 2. The topological polar surface area (TPSA) is 102 Å². The number of nitrogen functional groups attached to an aromatic ring is 1. The van der Waals surface area contributed by atoms with E-state index in [1.54, 1.807) is 26.0 Å². The van der Waals surface area contributed by atoms with Crippen LogP contribution in [0.3, 0.4) is 0 Å². The van der Waals surface area contributed by atoms with E-state index in [0.29, 0.717) is 16.8 Å². The Morgan fingerprint density at radius 3 is 2.57 bits per heavy atom. The summed E-state index contributed by atoms with van der Waals surface area (Å²) in [6.45, 7) is 3.11. The quantitative estimate of drug-likeness (QED) is 0.734. The fourth-order valence-corrected chi connectivity index (χ4v) is 1.89. The smallest absolute Gasteiger partial charge is 0.251 e. The first-order chi connectivity index (χ1) is 10.7. The second-order valence-corrected chi connectivity index (χ2v) is 5.50. The second kappa shape index (κ2) is 6.07. The highest BCUT2D eigenvalue weighted by atomic mass is 19.1. The summed E-state index contributed by atoms with van der Waals surface area (Å²) in [6.07, 6.45) is 0. The van der Waals surface area contributed by atoms with E-state index in [0.717, 1.165) is 6.07 Å². The van der Waals surface area contributed by atoms with Crippen LogP contribution in [0, 0.1) is 17.7 Å².